The number of nitrogens with one attached hydrogen (secondary N) is 2. The molecule has 0 aromatic heterocycles. The van der Waals surface area contributed by atoms with Crippen LogP contribution in [0.15, 0.2) is 4.99 Å². The lowest BCUT2D eigenvalue weighted by Crippen LogP contribution is -2.47. The van der Waals surface area contributed by atoms with Crippen molar-refractivity contribution >= 4 is 29.9 Å². The summed E-state index contributed by atoms with van der Waals surface area (Å²) in [5.74, 6) is 0.937. The average Bonchev–Trinajstić information content (AvgIpc) is 3.21. The van der Waals surface area contributed by atoms with Gasteiger partial charge >= 0.3 is 0 Å². The Morgan fingerprint density at radius 3 is 2.58 bits per heavy atom. The lowest BCUT2D eigenvalue weighted by Gasteiger charge is -2.31. The molecule has 0 radical (unpaired) electrons. The molecule has 140 valence electrons. The molecule has 2 heterocycles. The van der Waals surface area contributed by atoms with Crippen molar-refractivity contribution in [3.05, 3.63) is 0 Å². The van der Waals surface area contributed by atoms with E-state index >= 15 is 0 Å². The summed E-state index contributed by atoms with van der Waals surface area (Å²) in [7, 11) is 4.15. The smallest absolute Gasteiger partial charge is 0.191 e. The minimum atomic E-state index is 0. The fourth-order valence-corrected chi connectivity index (χ4v) is 4.40. The lowest BCUT2D eigenvalue weighted by atomic mass is 9.94. The highest BCUT2D eigenvalue weighted by molar-refractivity contribution is 14.0. The van der Waals surface area contributed by atoms with Crippen molar-refractivity contribution in [3.8, 4) is 0 Å². The summed E-state index contributed by atoms with van der Waals surface area (Å²) in [6.07, 6.45) is 12.7. The first-order valence-corrected chi connectivity index (χ1v) is 9.59. The first-order valence-electron chi connectivity index (χ1n) is 9.59. The molecule has 1 saturated carbocycles. The third-order valence-corrected chi connectivity index (χ3v) is 5.83. The SMILES string of the molecule is CN=C(NCCCN(C)C1CCCCC1)NC1CC2CCC1O2.I. The second kappa shape index (κ2) is 10.2. The third kappa shape index (κ3) is 5.46. The minimum absolute atomic E-state index is 0. The van der Waals surface area contributed by atoms with Crippen LogP contribution in [0.3, 0.4) is 0 Å². The third-order valence-electron chi connectivity index (χ3n) is 5.83. The average molecular weight is 450 g/mol. The van der Waals surface area contributed by atoms with E-state index in [-0.39, 0.29) is 24.0 Å². The summed E-state index contributed by atoms with van der Waals surface area (Å²) in [4.78, 5) is 6.92. The molecule has 6 heteroatoms. The molecule has 0 aromatic rings. The van der Waals surface area contributed by atoms with E-state index in [0.717, 1.165) is 25.0 Å². The molecule has 0 aromatic carbocycles. The summed E-state index contributed by atoms with van der Waals surface area (Å²) in [6, 6.07) is 1.26. The zero-order valence-corrected chi connectivity index (χ0v) is 17.6. The second-order valence-electron chi connectivity index (χ2n) is 7.49. The number of rotatable bonds is 6. The number of fused-ring (bicyclic) bond motifs is 2. The number of nitrogens with zero attached hydrogens (tertiary/aromatic N) is 2. The summed E-state index contributed by atoms with van der Waals surface area (Å²) in [6.45, 7) is 2.16. The van der Waals surface area contributed by atoms with E-state index in [1.807, 2.05) is 7.05 Å². The van der Waals surface area contributed by atoms with E-state index in [2.05, 4.69) is 27.6 Å². The standard InChI is InChI=1S/C18H34N4O.HI/c1-19-18(21-16-13-15-9-10-17(16)23-15)20-11-6-12-22(2)14-7-4-3-5-8-14;/h14-17H,3-13H2,1-2H3,(H2,19,20,21);1H. The number of guanidine groups is 1. The maximum atomic E-state index is 5.90. The Morgan fingerprint density at radius 1 is 1.17 bits per heavy atom. The number of ether oxygens (including phenoxy) is 1. The summed E-state index contributed by atoms with van der Waals surface area (Å²) in [5, 5.41) is 7.02. The van der Waals surface area contributed by atoms with Crippen LogP contribution < -0.4 is 10.6 Å². The molecule has 3 fully saturated rings. The molecule has 3 atom stereocenters. The Morgan fingerprint density at radius 2 is 1.96 bits per heavy atom. The molecule has 5 nitrogen and oxygen atoms in total. The Bertz CT molecular complexity index is 400. The monoisotopic (exact) mass is 450 g/mol. The predicted octanol–water partition coefficient (Wildman–Crippen LogP) is 2.74. The molecule has 2 bridgehead atoms. The first-order chi connectivity index (χ1) is 11.3. The molecule has 0 spiro atoms. The zero-order valence-electron chi connectivity index (χ0n) is 15.3. The minimum Gasteiger partial charge on any atom is -0.373 e. The Kier molecular flexibility index (Phi) is 8.57. The van der Waals surface area contributed by atoms with Crippen LogP contribution in [0.5, 0.6) is 0 Å². The molecule has 0 amide bonds. The Labute approximate surface area is 164 Å². The van der Waals surface area contributed by atoms with Gasteiger partial charge < -0.3 is 20.3 Å². The largest absolute Gasteiger partial charge is 0.373 e. The van der Waals surface area contributed by atoms with Gasteiger partial charge in [-0.15, -0.1) is 24.0 Å². The number of aliphatic imine (C=N–C) groups is 1. The topological polar surface area (TPSA) is 48.9 Å². The highest BCUT2D eigenvalue weighted by atomic mass is 127. The van der Waals surface area contributed by atoms with Crippen LogP contribution >= 0.6 is 24.0 Å². The van der Waals surface area contributed by atoms with Crippen molar-refractivity contribution in [2.45, 2.75) is 82.1 Å². The van der Waals surface area contributed by atoms with Gasteiger partial charge in [-0.1, -0.05) is 19.3 Å². The molecule has 2 saturated heterocycles. The van der Waals surface area contributed by atoms with Crippen molar-refractivity contribution in [1.29, 1.82) is 0 Å². The Balaban J connectivity index is 0.00000208. The molecule has 24 heavy (non-hydrogen) atoms. The molecular weight excluding hydrogens is 415 g/mol. The van der Waals surface area contributed by atoms with Crippen LogP contribution in [0.2, 0.25) is 0 Å². The van der Waals surface area contributed by atoms with E-state index in [4.69, 9.17) is 4.74 Å². The zero-order chi connectivity index (χ0) is 16.1. The van der Waals surface area contributed by atoms with Crippen LogP contribution in [0.4, 0.5) is 0 Å². The fraction of sp³-hybridized carbons (Fsp3) is 0.944. The van der Waals surface area contributed by atoms with Gasteiger partial charge in [-0.25, -0.2) is 0 Å². The highest BCUT2D eigenvalue weighted by Gasteiger charge is 2.41. The van der Waals surface area contributed by atoms with Crippen LogP contribution in [0.1, 0.15) is 57.8 Å². The van der Waals surface area contributed by atoms with Gasteiger partial charge in [-0.05, 0) is 52.1 Å². The van der Waals surface area contributed by atoms with Gasteiger partial charge in [-0.2, -0.15) is 0 Å². The van der Waals surface area contributed by atoms with Crippen molar-refractivity contribution in [1.82, 2.24) is 15.5 Å². The van der Waals surface area contributed by atoms with Gasteiger partial charge in [0, 0.05) is 19.6 Å². The summed E-state index contributed by atoms with van der Waals surface area (Å²) < 4.78 is 5.90. The normalized spacial score (nSPS) is 30.5. The molecule has 3 rings (SSSR count). The van der Waals surface area contributed by atoms with E-state index in [0.29, 0.717) is 18.2 Å². The molecule has 2 N–H and O–H groups in total. The quantitative estimate of drug-likeness (QED) is 0.283. The van der Waals surface area contributed by atoms with Gasteiger partial charge in [-0.3, -0.25) is 4.99 Å². The Hall–Kier alpha value is -0.0800. The van der Waals surface area contributed by atoms with Crippen LogP contribution in [0, 0.1) is 0 Å². The molecule has 1 aliphatic carbocycles. The molecule has 3 aliphatic rings. The van der Waals surface area contributed by atoms with Crippen molar-refractivity contribution in [2.75, 3.05) is 27.2 Å². The fourth-order valence-electron chi connectivity index (χ4n) is 4.40. The number of halogens is 1. The summed E-state index contributed by atoms with van der Waals surface area (Å²) in [5.41, 5.74) is 0. The molecule has 3 unspecified atom stereocenters. The molecule has 2 aliphatic heterocycles. The maximum Gasteiger partial charge on any atom is 0.191 e. The van der Waals surface area contributed by atoms with E-state index in [1.54, 1.807) is 0 Å². The highest BCUT2D eigenvalue weighted by Crippen LogP contribution is 2.34. The van der Waals surface area contributed by atoms with E-state index < -0.39 is 0 Å². The van der Waals surface area contributed by atoms with E-state index in [1.165, 1.54) is 57.9 Å². The van der Waals surface area contributed by atoms with Gasteiger partial charge in [0.15, 0.2) is 5.96 Å². The second-order valence-corrected chi connectivity index (χ2v) is 7.49. The maximum absolute atomic E-state index is 5.90. The van der Waals surface area contributed by atoms with Crippen molar-refractivity contribution in [3.63, 3.8) is 0 Å². The lowest BCUT2D eigenvalue weighted by molar-refractivity contribution is 0.0992. The number of hydrogen-bond acceptors (Lipinski definition) is 3. The van der Waals surface area contributed by atoms with Gasteiger partial charge in [0.05, 0.1) is 18.2 Å². The summed E-state index contributed by atoms with van der Waals surface area (Å²) >= 11 is 0. The van der Waals surface area contributed by atoms with Gasteiger partial charge in [0.2, 0.25) is 0 Å². The van der Waals surface area contributed by atoms with Crippen LogP contribution in [-0.4, -0.2) is 62.3 Å². The van der Waals surface area contributed by atoms with Crippen LogP contribution in [-0.2, 0) is 4.74 Å². The van der Waals surface area contributed by atoms with Gasteiger partial charge in [0.1, 0.15) is 0 Å². The van der Waals surface area contributed by atoms with Gasteiger partial charge in [0.25, 0.3) is 0 Å². The van der Waals surface area contributed by atoms with Crippen molar-refractivity contribution in [2.24, 2.45) is 4.99 Å². The first kappa shape index (κ1) is 20.2. The predicted molar refractivity (Wildman–Crippen MR) is 110 cm³/mol. The molecular formula is C18H35IN4O. The van der Waals surface area contributed by atoms with Crippen LogP contribution in [0.25, 0.3) is 0 Å². The van der Waals surface area contributed by atoms with Crippen molar-refractivity contribution < 1.29 is 4.74 Å². The van der Waals surface area contributed by atoms with E-state index in [9.17, 15) is 0 Å². The number of hydrogen-bond donors (Lipinski definition) is 2.